The molecule has 1 aromatic heterocycles. The zero-order chi connectivity index (χ0) is 17.5. The number of halogens is 1. The molecule has 1 heterocycles. The molecule has 0 saturated carbocycles. The van der Waals surface area contributed by atoms with Crippen LogP contribution in [0.2, 0.25) is 5.02 Å². The van der Waals surface area contributed by atoms with E-state index < -0.39 is 5.97 Å². The molecule has 124 valence electrons. The summed E-state index contributed by atoms with van der Waals surface area (Å²) in [5.74, 6) is 0.0632. The van der Waals surface area contributed by atoms with E-state index in [0.29, 0.717) is 34.0 Å². The van der Waals surface area contributed by atoms with Gasteiger partial charge < -0.3 is 4.74 Å². The number of ketones is 1. The highest BCUT2D eigenvalue weighted by molar-refractivity contribution is 6.30. The molecule has 1 aliphatic carbocycles. The number of hydrogen-bond donors (Lipinski definition) is 0. The number of pyridine rings is 1. The molecule has 0 fully saturated rings. The number of esters is 1. The van der Waals surface area contributed by atoms with Crippen LogP contribution >= 0.6 is 11.6 Å². The summed E-state index contributed by atoms with van der Waals surface area (Å²) in [6, 6.07) is 8.67. The Kier molecular flexibility index (Phi) is 4.18. The topological polar surface area (TPSA) is 56.3 Å². The van der Waals surface area contributed by atoms with Gasteiger partial charge in [0.1, 0.15) is 5.75 Å². The number of carbonyl (C=O) groups excluding carboxylic acids is 2. The highest BCUT2D eigenvalue weighted by Crippen LogP contribution is 2.37. The van der Waals surface area contributed by atoms with Crippen molar-refractivity contribution in [2.24, 2.45) is 5.41 Å². The third-order valence-electron chi connectivity index (χ3n) is 4.03. The number of nitrogens with zero attached hydrogens (tertiary/aromatic N) is 1. The third kappa shape index (κ3) is 3.34. The molecule has 0 atom stereocenters. The minimum atomic E-state index is -0.423. The number of hydrogen-bond acceptors (Lipinski definition) is 4. The van der Waals surface area contributed by atoms with Crippen molar-refractivity contribution in [1.82, 2.24) is 4.98 Å². The molecule has 5 heteroatoms. The van der Waals surface area contributed by atoms with E-state index in [1.165, 1.54) is 6.92 Å². The van der Waals surface area contributed by atoms with E-state index in [4.69, 9.17) is 16.3 Å². The van der Waals surface area contributed by atoms with Crippen molar-refractivity contribution < 1.29 is 14.3 Å². The number of aromatic nitrogens is 1. The van der Waals surface area contributed by atoms with Crippen LogP contribution in [0.15, 0.2) is 30.3 Å². The van der Waals surface area contributed by atoms with Crippen LogP contribution in [0, 0.1) is 5.41 Å². The van der Waals surface area contributed by atoms with Crippen LogP contribution in [0.25, 0.3) is 11.3 Å². The second-order valence-electron chi connectivity index (χ2n) is 6.87. The first kappa shape index (κ1) is 16.7. The lowest BCUT2D eigenvalue weighted by Gasteiger charge is -2.29. The molecular weight excluding hydrogens is 326 g/mol. The average Bonchev–Trinajstić information content (AvgIpc) is 2.44. The van der Waals surface area contributed by atoms with Crippen molar-refractivity contribution in [2.75, 3.05) is 0 Å². The van der Waals surface area contributed by atoms with E-state index in [2.05, 4.69) is 18.8 Å². The normalized spacial score (nSPS) is 15.8. The second-order valence-corrected chi connectivity index (χ2v) is 7.30. The zero-order valence-corrected chi connectivity index (χ0v) is 14.6. The van der Waals surface area contributed by atoms with Gasteiger partial charge in [0.2, 0.25) is 0 Å². The maximum atomic E-state index is 12.3. The molecule has 4 nitrogen and oxygen atoms in total. The summed E-state index contributed by atoms with van der Waals surface area (Å²) in [6.45, 7) is 5.47. The largest absolute Gasteiger partial charge is 0.426 e. The molecule has 2 aromatic rings. The monoisotopic (exact) mass is 343 g/mol. The van der Waals surface area contributed by atoms with E-state index in [-0.39, 0.29) is 11.2 Å². The van der Waals surface area contributed by atoms with Gasteiger partial charge in [0.05, 0.1) is 11.4 Å². The van der Waals surface area contributed by atoms with Crippen molar-refractivity contribution in [3.05, 3.63) is 46.6 Å². The Hall–Kier alpha value is -2.20. The summed E-state index contributed by atoms with van der Waals surface area (Å²) in [7, 11) is 0. The molecule has 3 rings (SSSR count). The van der Waals surface area contributed by atoms with Gasteiger partial charge >= 0.3 is 5.97 Å². The van der Waals surface area contributed by atoms with Crippen LogP contribution in [0.3, 0.4) is 0 Å². The van der Waals surface area contributed by atoms with Gasteiger partial charge in [0.25, 0.3) is 0 Å². The van der Waals surface area contributed by atoms with Crippen molar-refractivity contribution in [3.63, 3.8) is 0 Å². The standard InChI is InChI=1S/C19H18ClNO3/c1-11(22)24-18-8-12(20)4-5-14(18)15-7-6-13-16(21-15)9-19(2,3)10-17(13)23/h4-8H,9-10H2,1-3H3. The molecule has 1 aromatic carbocycles. The maximum absolute atomic E-state index is 12.3. The smallest absolute Gasteiger partial charge is 0.308 e. The summed E-state index contributed by atoms with van der Waals surface area (Å²) >= 11 is 6.00. The minimum absolute atomic E-state index is 0.103. The molecule has 0 spiro atoms. The number of rotatable bonds is 2. The van der Waals surface area contributed by atoms with Crippen molar-refractivity contribution in [2.45, 2.75) is 33.6 Å². The van der Waals surface area contributed by atoms with Crippen LogP contribution in [-0.2, 0) is 11.2 Å². The van der Waals surface area contributed by atoms with Crippen molar-refractivity contribution in [3.8, 4) is 17.0 Å². The van der Waals surface area contributed by atoms with E-state index >= 15 is 0 Å². The Labute approximate surface area is 145 Å². The number of benzene rings is 1. The molecule has 0 aliphatic heterocycles. The fraction of sp³-hybridized carbons (Fsp3) is 0.316. The molecular formula is C19H18ClNO3. The fourth-order valence-electron chi connectivity index (χ4n) is 3.03. The fourth-order valence-corrected chi connectivity index (χ4v) is 3.19. The van der Waals surface area contributed by atoms with Gasteiger partial charge in [-0.2, -0.15) is 0 Å². The van der Waals surface area contributed by atoms with Gasteiger partial charge in [-0.25, -0.2) is 0 Å². The van der Waals surface area contributed by atoms with Gasteiger partial charge in [-0.05, 0) is 36.1 Å². The van der Waals surface area contributed by atoms with E-state index in [1.807, 2.05) is 0 Å². The first-order valence-corrected chi connectivity index (χ1v) is 8.14. The van der Waals surface area contributed by atoms with Gasteiger partial charge in [-0.3, -0.25) is 14.6 Å². The first-order valence-electron chi connectivity index (χ1n) is 7.77. The Balaban J connectivity index is 2.09. The first-order chi connectivity index (χ1) is 11.2. The summed E-state index contributed by atoms with van der Waals surface area (Å²) in [4.78, 5) is 28.3. The van der Waals surface area contributed by atoms with Crippen molar-refractivity contribution >= 4 is 23.4 Å². The molecule has 1 aliphatic rings. The lowest BCUT2D eigenvalue weighted by Crippen LogP contribution is -2.27. The third-order valence-corrected chi connectivity index (χ3v) is 4.27. The van der Waals surface area contributed by atoms with Crippen LogP contribution in [0.1, 0.15) is 43.2 Å². The zero-order valence-electron chi connectivity index (χ0n) is 13.9. The molecule has 0 bridgehead atoms. The lowest BCUT2D eigenvalue weighted by molar-refractivity contribution is -0.131. The highest BCUT2D eigenvalue weighted by atomic mass is 35.5. The number of ether oxygens (including phenoxy) is 1. The van der Waals surface area contributed by atoms with E-state index in [9.17, 15) is 9.59 Å². The molecule has 0 unspecified atom stereocenters. The quantitative estimate of drug-likeness (QED) is 0.595. The molecule has 24 heavy (non-hydrogen) atoms. The maximum Gasteiger partial charge on any atom is 0.308 e. The van der Waals surface area contributed by atoms with E-state index in [1.54, 1.807) is 30.3 Å². The molecule has 0 saturated heterocycles. The Morgan fingerprint density at radius 2 is 1.88 bits per heavy atom. The Morgan fingerprint density at radius 1 is 1.17 bits per heavy atom. The minimum Gasteiger partial charge on any atom is -0.426 e. The van der Waals surface area contributed by atoms with Gasteiger partial charge in [-0.15, -0.1) is 0 Å². The Bertz CT molecular complexity index is 843. The SMILES string of the molecule is CC(=O)Oc1cc(Cl)ccc1-c1ccc2c(n1)CC(C)(C)CC2=O. The number of fused-ring (bicyclic) bond motifs is 1. The van der Waals surface area contributed by atoms with Crippen LogP contribution in [0.5, 0.6) is 5.75 Å². The summed E-state index contributed by atoms with van der Waals surface area (Å²) in [5, 5.41) is 0.476. The van der Waals surface area contributed by atoms with Crippen LogP contribution in [0.4, 0.5) is 0 Å². The van der Waals surface area contributed by atoms with Crippen molar-refractivity contribution in [1.29, 1.82) is 0 Å². The molecule has 0 radical (unpaired) electrons. The van der Waals surface area contributed by atoms with Gasteiger partial charge in [-0.1, -0.05) is 25.4 Å². The molecule has 0 amide bonds. The lowest BCUT2D eigenvalue weighted by atomic mass is 9.75. The van der Waals surface area contributed by atoms with Crippen LogP contribution in [-0.4, -0.2) is 16.7 Å². The highest BCUT2D eigenvalue weighted by Gasteiger charge is 2.32. The predicted molar refractivity (Wildman–Crippen MR) is 92.4 cm³/mol. The van der Waals surface area contributed by atoms with E-state index in [0.717, 1.165) is 12.1 Å². The Morgan fingerprint density at radius 3 is 2.58 bits per heavy atom. The summed E-state index contributed by atoms with van der Waals surface area (Å²) in [5.41, 5.74) is 2.70. The number of Topliss-reactive ketones (excluding diaryl/α,β-unsaturated/α-hetero) is 1. The van der Waals surface area contributed by atoms with Gasteiger partial charge in [0, 0.05) is 35.6 Å². The summed E-state index contributed by atoms with van der Waals surface area (Å²) < 4.78 is 5.26. The van der Waals surface area contributed by atoms with Crippen LogP contribution < -0.4 is 4.74 Å². The predicted octanol–water partition coefficient (Wildman–Crippen LogP) is 4.48. The molecule has 0 N–H and O–H groups in total. The second kappa shape index (κ2) is 6.02. The van der Waals surface area contributed by atoms with Gasteiger partial charge in [0.15, 0.2) is 5.78 Å². The average molecular weight is 344 g/mol. The number of carbonyl (C=O) groups is 2. The summed E-state index contributed by atoms with van der Waals surface area (Å²) in [6.07, 6.45) is 1.26.